The Hall–Kier alpha value is -0.120. The average molecular weight is 200 g/mol. The molecule has 1 saturated heterocycles. The van der Waals surface area contributed by atoms with Crippen LogP contribution in [0.15, 0.2) is 0 Å². The zero-order valence-corrected chi connectivity index (χ0v) is 9.59. The number of hydrogen-bond donors (Lipinski definition) is 1. The molecule has 1 heterocycles. The fourth-order valence-corrected chi connectivity index (χ4v) is 1.95. The molecule has 0 radical (unpaired) electrons. The maximum Gasteiger partial charge on any atom is 0.0569 e. The maximum atomic E-state index is 5.77. The monoisotopic (exact) mass is 200 g/mol. The van der Waals surface area contributed by atoms with Gasteiger partial charge in [-0.2, -0.15) is 0 Å². The third-order valence-corrected chi connectivity index (χ3v) is 3.00. The molecular weight excluding hydrogens is 176 g/mol. The Morgan fingerprint density at radius 2 is 2.07 bits per heavy atom. The van der Waals surface area contributed by atoms with Crippen LogP contribution < -0.4 is 5.73 Å². The minimum atomic E-state index is 0.265. The summed E-state index contributed by atoms with van der Waals surface area (Å²) in [7, 11) is 2.19. The molecule has 1 fully saturated rings. The van der Waals surface area contributed by atoms with Gasteiger partial charge in [0.1, 0.15) is 0 Å². The minimum Gasteiger partial charge on any atom is -0.380 e. The molecule has 0 atom stereocenters. The molecule has 1 rings (SSSR count). The molecule has 14 heavy (non-hydrogen) atoms. The number of unbranched alkanes of at least 4 members (excludes halogenated alkanes) is 2. The van der Waals surface area contributed by atoms with Gasteiger partial charge in [-0.25, -0.2) is 0 Å². The van der Waals surface area contributed by atoms with Gasteiger partial charge in [-0.3, -0.25) is 0 Å². The van der Waals surface area contributed by atoms with Gasteiger partial charge in [-0.15, -0.1) is 0 Å². The van der Waals surface area contributed by atoms with E-state index >= 15 is 0 Å². The molecule has 1 aliphatic heterocycles. The molecule has 0 amide bonds. The summed E-state index contributed by atoms with van der Waals surface area (Å²) in [6.07, 6.45) is 3.92. The van der Waals surface area contributed by atoms with E-state index in [0.717, 1.165) is 26.3 Å². The molecule has 0 spiro atoms. The lowest BCUT2D eigenvalue weighted by Crippen LogP contribution is -2.54. The van der Waals surface area contributed by atoms with E-state index in [-0.39, 0.29) is 5.41 Å². The predicted molar refractivity (Wildman–Crippen MR) is 59.3 cm³/mol. The Morgan fingerprint density at radius 3 is 2.50 bits per heavy atom. The van der Waals surface area contributed by atoms with Gasteiger partial charge >= 0.3 is 0 Å². The molecule has 0 aromatic carbocycles. The molecule has 2 N–H and O–H groups in total. The van der Waals surface area contributed by atoms with Gasteiger partial charge in [0, 0.05) is 18.5 Å². The largest absolute Gasteiger partial charge is 0.380 e. The van der Waals surface area contributed by atoms with Gasteiger partial charge in [0.25, 0.3) is 0 Å². The first-order valence-corrected chi connectivity index (χ1v) is 5.69. The minimum absolute atomic E-state index is 0.265. The molecule has 3 nitrogen and oxygen atoms in total. The van der Waals surface area contributed by atoms with Crippen molar-refractivity contribution in [2.24, 2.45) is 11.1 Å². The third-order valence-electron chi connectivity index (χ3n) is 3.00. The summed E-state index contributed by atoms with van der Waals surface area (Å²) >= 11 is 0. The first kappa shape index (κ1) is 12.0. The summed E-state index contributed by atoms with van der Waals surface area (Å²) in [6, 6.07) is 0. The van der Waals surface area contributed by atoms with E-state index in [9.17, 15) is 0 Å². The van der Waals surface area contributed by atoms with Crippen molar-refractivity contribution in [2.75, 3.05) is 39.9 Å². The highest BCUT2D eigenvalue weighted by Crippen LogP contribution is 2.26. The van der Waals surface area contributed by atoms with Crippen molar-refractivity contribution in [1.29, 1.82) is 0 Å². The van der Waals surface area contributed by atoms with Crippen LogP contribution in [0.2, 0.25) is 0 Å². The summed E-state index contributed by atoms with van der Waals surface area (Å²) < 4.78 is 5.25. The normalized spacial score (nSPS) is 19.7. The topological polar surface area (TPSA) is 38.5 Å². The maximum absolute atomic E-state index is 5.77. The first-order chi connectivity index (χ1) is 6.72. The summed E-state index contributed by atoms with van der Waals surface area (Å²) in [5, 5.41) is 0. The molecule has 0 saturated carbocycles. The molecule has 1 aliphatic rings. The van der Waals surface area contributed by atoms with Gasteiger partial charge in [-0.1, -0.05) is 19.8 Å². The van der Waals surface area contributed by atoms with Gasteiger partial charge in [-0.05, 0) is 20.0 Å². The van der Waals surface area contributed by atoms with E-state index in [1.54, 1.807) is 0 Å². The highest BCUT2D eigenvalue weighted by atomic mass is 16.5. The Balaban J connectivity index is 2.15. The summed E-state index contributed by atoms with van der Waals surface area (Å²) in [6.45, 7) is 6.97. The summed E-state index contributed by atoms with van der Waals surface area (Å²) in [5.41, 5.74) is 6.03. The Bertz CT molecular complexity index is 152. The van der Waals surface area contributed by atoms with Crippen LogP contribution >= 0.6 is 0 Å². The Kier molecular flexibility index (Phi) is 4.85. The van der Waals surface area contributed by atoms with E-state index in [2.05, 4.69) is 18.9 Å². The lowest BCUT2D eigenvalue weighted by molar-refractivity contribution is -0.118. The third kappa shape index (κ3) is 3.23. The second-order valence-corrected chi connectivity index (χ2v) is 4.64. The van der Waals surface area contributed by atoms with Crippen molar-refractivity contribution < 1.29 is 4.74 Å². The summed E-state index contributed by atoms with van der Waals surface area (Å²) in [5.74, 6) is 0. The predicted octanol–water partition coefficient (Wildman–Crippen LogP) is 1.08. The van der Waals surface area contributed by atoms with Crippen LogP contribution in [-0.2, 0) is 4.74 Å². The van der Waals surface area contributed by atoms with Crippen LogP contribution in [0.25, 0.3) is 0 Å². The lowest BCUT2D eigenvalue weighted by Gasteiger charge is -2.43. The fourth-order valence-electron chi connectivity index (χ4n) is 1.95. The van der Waals surface area contributed by atoms with Gasteiger partial charge < -0.3 is 15.4 Å². The SMILES string of the molecule is CCCCCN(C)CC1(CN)COC1. The van der Waals surface area contributed by atoms with E-state index in [1.165, 1.54) is 25.8 Å². The summed E-state index contributed by atoms with van der Waals surface area (Å²) in [4.78, 5) is 2.39. The zero-order chi connectivity index (χ0) is 10.4. The van der Waals surface area contributed by atoms with Crippen LogP contribution in [0.4, 0.5) is 0 Å². The van der Waals surface area contributed by atoms with Crippen molar-refractivity contribution in [2.45, 2.75) is 26.2 Å². The smallest absolute Gasteiger partial charge is 0.0569 e. The Labute approximate surface area is 87.6 Å². The van der Waals surface area contributed by atoms with Crippen molar-refractivity contribution in [3.05, 3.63) is 0 Å². The van der Waals surface area contributed by atoms with Crippen molar-refractivity contribution in [1.82, 2.24) is 4.90 Å². The van der Waals surface area contributed by atoms with Gasteiger partial charge in [0.15, 0.2) is 0 Å². The van der Waals surface area contributed by atoms with Crippen LogP contribution in [-0.4, -0.2) is 44.8 Å². The molecule has 0 bridgehead atoms. The number of nitrogens with zero attached hydrogens (tertiary/aromatic N) is 1. The molecule has 0 aromatic rings. The highest BCUT2D eigenvalue weighted by molar-refractivity contribution is 4.88. The van der Waals surface area contributed by atoms with E-state index < -0.39 is 0 Å². The zero-order valence-electron chi connectivity index (χ0n) is 9.59. The van der Waals surface area contributed by atoms with E-state index in [0.29, 0.717) is 0 Å². The highest BCUT2D eigenvalue weighted by Gasteiger charge is 2.37. The number of hydrogen-bond acceptors (Lipinski definition) is 3. The van der Waals surface area contributed by atoms with Crippen molar-refractivity contribution >= 4 is 0 Å². The van der Waals surface area contributed by atoms with Crippen molar-refractivity contribution in [3.63, 3.8) is 0 Å². The number of rotatable bonds is 7. The molecule has 0 unspecified atom stereocenters. The average Bonchev–Trinajstić information content (AvgIpc) is 2.12. The molecule has 0 aromatic heterocycles. The molecule has 84 valence electrons. The van der Waals surface area contributed by atoms with Crippen LogP contribution in [0.5, 0.6) is 0 Å². The van der Waals surface area contributed by atoms with Gasteiger partial charge in [0.2, 0.25) is 0 Å². The van der Waals surface area contributed by atoms with Gasteiger partial charge in [0.05, 0.1) is 13.2 Å². The van der Waals surface area contributed by atoms with Crippen LogP contribution in [0.3, 0.4) is 0 Å². The molecule has 0 aliphatic carbocycles. The first-order valence-electron chi connectivity index (χ1n) is 5.69. The molecular formula is C11H24N2O. The standard InChI is InChI=1S/C11H24N2O/c1-3-4-5-6-13(2)8-11(7-12)9-14-10-11/h3-10,12H2,1-2H3. The van der Waals surface area contributed by atoms with Crippen LogP contribution in [0, 0.1) is 5.41 Å². The fraction of sp³-hybridized carbons (Fsp3) is 1.00. The number of ether oxygens (including phenoxy) is 1. The second-order valence-electron chi connectivity index (χ2n) is 4.64. The Morgan fingerprint density at radius 1 is 1.36 bits per heavy atom. The van der Waals surface area contributed by atoms with E-state index in [1.807, 2.05) is 0 Å². The quantitative estimate of drug-likeness (QED) is 0.625. The van der Waals surface area contributed by atoms with Crippen molar-refractivity contribution in [3.8, 4) is 0 Å². The van der Waals surface area contributed by atoms with Crippen LogP contribution in [0.1, 0.15) is 26.2 Å². The van der Waals surface area contributed by atoms with E-state index in [4.69, 9.17) is 10.5 Å². The molecule has 3 heteroatoms. The second kappa shape index (κ2) is 5.69. The lowest BCUT2D eigenvalue weighted by atomic mass is 9.85. The number of nitrogens with two attached hydrogens (primary N) is 1.